The maximum absolute atomic E-state index is 12.2. The first-order valence-electron chi connectivity index (χ1n) is 7.38. The molecule has 1 amide bonds. The van der Waals surface area contributed by atoms with Gasteiger partial charge in [-0.3, -0.25) is 4.79 Å². The topological polar surface area (TPSA) is 83.6 Å². The number of tetrazole rings is 1. The minimum absolute atomic E-state index is 0.0498. The van der Waals surface area contributed by atoms with E-state index in [1.54, 1.807) is 11.3 Å². The summed E-state index contributed by atoms with van der Waals surface area (Å²) >= 11 is 1.62. The Morgan fingerprint density at radius 2 is 2.48 bits per heavy atom. The molecule has 0 spiro atoms. The third kappa shape index (κ3) is 3.29. The SMILES string of the molecule is CCC[C@@H]1CCc2sc(C(=O)NCc3nn[nH]n3)cc2C1. The lowest BCUT2D eigenvalue weighted by molar-refractivity contribution is 0.0954. The van der Waals surface area contributed by atoms with Crippen molar-refractivity contribution in [1.82, 2.24) is 25.9 Å². The van der Waals surface area contributed by atoms with Crippen LogP contribution in [0.3, 0.4) is 0 Å². The van der Waals surface area contributed by atoms with Gasteiger partial charge in [0.05, 0.1) is 11.4 Å². The molecule has 112 valence electrons. The summed E-state index contributed by atoms with van der Waals surface area (Å²) in [6.07, 6.45) is 6.02. The highest BCUT2D eigenvalue weighted by atomic mass is 32.1. The number of hydrogen-bond donors (Lipinski definition) is 2. The van der Waals surface area contributed by atoms with Crippen LogP contribution in [0.5, 0.6) is 0 Å². The molecular weight excluding hydrogens is 286 g/mol. The number of H-pyrrole nitrogens is 1. The lowest BCUT2D eigenvalue weighted by Crippen LogP contribution is -2.22. The maximum Gasteiger partial charge on any atom is 0.261 e. The summed E-state index contributed by atoms with van der Waals surface area (Å²) in [6.45, 7) is 2.54. The van der Waals surface area contributed by atoms with Gasteiger partial charge < -0.3 is 5.32 Å². The molecule has 1 aliphatic rings. The van der Waals surface area contributed by atoms with Gasteiger partial charge in [-0.1, -0.05) is 25.0 Å². The summed E-state index contributed by atoms with van der Waals surface area (Å²) in [7, 11) is 0. The molecule has 1 atom stereocenters. The van der Waals surface area contributed by atoms with Crippen molar-refractivity contribution < 1.29 is 4.79 Å². The summed E-state index contributed by atoms with van der Waals surface area (Å²) in [4.78, 5) is 14.4. The Morgan fingerprint density at radius 3 is 3.24 bits per heavy atom. The van der Waals surface area contributed by atoms with Gasteiger partial charge in [0, 0.05) is 4.88 Å². The second kappa shape index (κ2) is 6.34. The van der Waals surface area contributed by atoms with Gasteiger partial charge in [-0.2, -0.15) is 5.21 Å². The smallest absolute Gasteiger partial charge is 0.261 e. The van der Waals surface area contributed by atoms with Crippen LogP contribution in [0.15, 0.2) is 6.07 Å². The molecule has 2 N–H and O–H groups in total. The molecule has 21 heavy (non-hydrogen) atoms. The Kier molecular flexibility index (Phi) is 4.28. The van der Waals surface area contributed by atoms with E-state index in [4.69, 9.17) is 0 Å². The minimum Gasteiger partial charge on any atom is -0.344 e. The molecular formula is C14H19N5OS. The molecule has 0 saturated carbocycles. The van der Waals surface area contributed by atoms with Crippen LogP contribution in [-0.4, -0.2) is 26.5 Å². The number of aromatic nitrogens is 4. The Balaban J connectivity index is 1.63. The fourth-order valence-corrected chi connectivity index (χ4v) is 3.99. The number of nitrogens with zero attached hydrogens (tertiary/aromatic N) is 3. The van der Waals surface area contributed by atoms with E-state index in [0.717, 1.165) is 23.6 Å². The monoisotopic (exact) mass is 305 g/mol. The Hall–Kier alpha value is -1.76. The lowest BCUT2D eigenvalue weighted by Gasteiger charge is -2.21. The molecule has 0 fully saturated rings. The first-order valence-corrected chi connectivity index (χ1v) is 8.20. The van der Waals surface area contributed by atoms with E-state index in [9.17, 15) is 4.79 Å². The van der Waals surface area contributed by atoms with Crippen molar-refractivity contribution >= 4 is 17.2 Å². The van der Waals surface area contributed by atoms with Gasteiger partial charge in [0.15, 0.2) is 5.82 Å². The Bertz CT molecular complexity index is 607. The molecule has 2 heterocycles. The highest BCUT2D eigenvalue weighted by molar-refractivity contribution is 7.14. The van der Waals surface area contributed by atoms with E-state index in [1.165, 1.54) is 29.7 Å². The van der Waals surface area contributed by atoms with Crippen molar-refractivity contribution in [1.29, 1.82) is 0 Å². The zero-order valence-corrected chi connectivity index (χ0v) is 12.9. The number of fused-ring (bicyclic) bond motifs is 1. The highest BCUT2D eigenvalue weighted by Crippen LogP contribution is 2.34. The summed E-state index contributed by atoms with van der Waals surface area (Å²) in [5.41, 5.74) is 1.37. The van der Waals surface area contributed by atoms with Gasteiger partial charge in [-0.15, -0.1) is 21.5 Å². The van der Waals surface area contributed by atoms with Crippen molar-refractivity contribution in [3.63, 3.8) is 0 Å². The molecule has 3 rings (SSSR count). The number of aryl methyl sites for hydroxylation is 1. The number of nitrogens with one attached hydrogen (secondary N) is 2. The van der Waals surface area contributed by atoms with Crippen LogP contribution in [0.1, 0.15) is 52.1 Å². The summed E-state index contributed by atoms with van der Waals surface area (Å²) in [6, 6.07) is 2.06. The molecule has 6 nitrogen and oxygen atoms in total. The number of rotatable bonds is 5. The fourth-order valence-electron chi connectivity index (χ4n) is 2.87. The Labute approximate surface area is 127 Å². The summed E-state index contributed by atoms with van der Waals surface area (Å²) < 4.78 is 0. The molecule has 0 saturated heterocycles. The van der Waals surface area contributed by atoms with Crippen molar-refractivity contribution in [2.45, 2.75) is 45.6 Å². The van der Waals surface area contributed by atoms with E-state index < -0.39 is 0 Å². The first kappa shape index (κ1) is 14.2. The average Bonchev–Trinajstić information content (AvgIpc) is 3.13. The fraction of sp³-hybridized carbons (Fsp3) is 0.571. The van der Waals surface area contributed by atoms with Crippen molar-refractivity contribution in [2.24, 2.45) is 5.92 Å². The van der Waals surface area contributed by atoms with Gasteiger partial charge in [-0.25, -0.2) is 0 Å². The van der Waals surface area contributed by atoms with Gasteiger partial charge in [0.2, 0.25) is 0 Å². The van der Waals surface area contributed by atoms with E-state index >= 15 is 0 Å². The number of amides is 1. The number of thiophene rings is 1. The second-order valence-electron chi connectivity index (χ2n) is 5.47. The lowest BCUT2D eigenvalue weighted by atomic mass is 9.85. The molecule has 1 aliphatic carbocycles. The van der Waals surface area contributed by atoms with E-state index in [2.05, 4.69) is 38.9 Å². The van der Waals surface area contributed by atoms with Crippen LogP contribution >= 0.6 is 11.3 Å². The third-order valence-corrected chi connectivity index (χ3v) is 5.14. The standard InChI is InChI=1S/C14H19N5OS/c1-2-3-9-4-5-11-10(6-9)7-12(21-11)14(20)15-8-13-16-18-19-17-13/h7,9H,2-6,8H2,1H3,(H,15,20)(H,16,17,18,19)/t9-/m1/s1. The summed E-state index contributed by atoms with van der Waals surface area (Å²) in [5, 5.41) is 16.3. The van der Waals surface area contributed by atoms with E-state index in [1.807, 2.05) is 0 Å². The molecule has 0 radical (unpaired) electrons. The van der Waals surface area contributed by atoms with Crippen LogP contribution in [0.4, 0.5) is 0 Å². The molecule has 0 bridgehead atoms. The molecule has 0 aliphatic heterocycles. The molecule has 0 unspecified atom stereocenters. The first-order chi connectivity index (χ1) is 10.3. The highest BCUT2D eigenvalue weighted by Gasteiger charge is 2.22. The molecule has 2 aromatic heterocycles. The number of carbonyl (C=O) groups excluding carboxylic acids is 1. The van der Waals surface area contributed by atoms with Gasteiger partial charge in [-0.05, 0) is 36.8 Å². The number of carbonyl (C=O) groups is 1. The van der Waals surface area contributed by atoms with Gasteiger partial charge in [0.1, 0.15) is 0 Å². The van der Waals surface area contributed by atoms with Crippen LogP contribution in [0, 0.1) is 5.92 Å². The zero-order chi connectivity index (χ0) is 14.7. The predicted molar refractivity (Wildman–Crippen MR) is 80.1 cm³/mol. The van der Waals surface area contributed by atoms with Gasteiger partial charge in [0.25, 0.3) is 5.91 Å². The van der Waals surface area contributed by atoms with Crippen molar-refractivity contribution in [3.05, 3.63) is 27.2 Å². The van der Waals surface area contributed by atoms with Crippen molar-refractivity contribution in [3.8, 4) is 0 Å². The Morgan fingerprint density at radius 1 is 1.57 bits per heavy atom. The molecule has 2 aromatic rings. The molecule has 0 aromatic carbocycles. The minimum atomic E-state index is -0.0498. The second-order valence-corrected chi connectivity index (χ2v) is 6.60. The van der Waals surface area contributed by atoms with Crippen LogP contribution in [0.25, 0.3) is 0 Å². The quantitative estimate of drug-likeness (QED) is 0.886. The van der Waals surface area contributed by atoms with Crippen LogP contribution < -0.4 is 5.32 Å². The largest absolute Gasteiger partial charge is 0.344 e. The summed E-state index contributed by atoms with van der Waals surface area (Å²) in [5.74, 6) is 1.23. The van der Waals surface area contributed by atoms with Gasteiger partial charge >= 0.3 is 0 Å². The number of hydrogen-bond acceptors (Lipinski definition) is 5. The predicted octanol–water partition coefficient (Wildman–Crippen LogP) is 2.10. The zero-order valence-electron chi connectivity index (χ0n) is 12.1. The van der Waals surface area contributed by atoms with E-state index in [0.29, 0.717) is 12.4 Å². The van der Waals surface area contributed by atoms with Crippen LogP contribution in [-0.2, 0) is 19.4 Å². The molecule has 7 heteroatoms. The average molecular weight is 305 g/mol. The maximum atomic E-state index is 12.2. The normalized spacial score (nSPS) is 17.5. The van der Waals surface area contributed by atoms with Crippen LogP contribution in [0.2, 0.25) is 0 Å². The third-order valence-electron chi connectivity index (χ3n) is 3.90. The van der Waals surface area contributed by atoms with Crippen molar-refractivity contribution in [2.75, 3.05) is 0 Å². The number of aromatic amines is 1. The van der Waals surface area contributed by atoms with E-state index in [-0.39, 0.29) is 5.91 Å².